The van der Waals surface area contributed by atoms with Crippen LogP contribution in [0.2, 0.25) is 0 Å². The van der Waals surface area contributed by atoms with E-state index < -0.39 is 10.0 Å². The van der Waals surface area contributed by atoms with Gasteiger partial charge in [-0.2, -0.15) is 0 Å². The quantitative estimate of drug-likeness (QED) is 0.863. The summed E-state index contributed by atoms with van der Waals surface area (Å²) in [4.78, 5) is 0.324. The topological polar surface area (TPSA) is 72.2 Å². The van der Waals surface area contributed by atoms with E-state index in [-0.39, 0.29) is 5.41 Å². The molecule has 0 unspecified atom stereocenters. The molecule has 18 heavy (non-hydrogen) atoms. The van der Waals surface area contributed by atoms with E-state index in [1.54, 1.807) is 19.1 Å². The molecule has 0 bridgehead atoms. The minimum absolute atomic E-state index is 0.00696. The Bertz CT molecular complexity index is 553. The molecule has 0 heterocycles. The highest BCUT2D eigenvalue weighted by Gasteiger charge is 2.41. The van der Waals surface area contributed by atoms with E-state index in [4.69, 9.17) is 5.73 Å². The van der Waals surface area contributed by atoms with Crippen molar-refractivity contribution in [3.8, 4) is 0 Å². The van der Waals surface area contributed by atoms with Gasteiger partial charge < -0.3 is 5.73 Å². The SMILES string of the molecule is Cc1ccc(Br)cc1S(=O)(=O)NCC1(CN)CC1. The van der Waals surface area contributed by atoms with Gasteiger partial charge in [-0.05, 0) is 49.4 Å². The fourth-order valence-corrected chi connectivity index (χ4v) is 3.76. The fourth-order valence-electron chi connectivity index (χ4n) is 1.82. The molecule has 0 aliphatic heterocycles. The molecule has 1 saturated carbocycles. The minimum atomic E-state index is -3.45. The molecule has 6 heteroatoms. The second-order valence-corrected chi connectivity index (χ2v) is 7.59. The summed E-state index contributed by atoms with van der Waals surface area (Å²) in [5.74, 6) is 0. The lowest BCUT2D eigenvalue weighted by Gasteiger charge is -2.15. The van der Waals surface area contributed by atoms with Gasteiger partial charge in [0.1, 0.15) is 0 Å². The van der Waals surface area contributed by atoms with Crippen molar-refractivity contribution in [3.05, 3.63) is 28.2 Å². The Morgan fingerprint density at radius 1 is 1.44 bits per heavy atom. The van der Waals surface area contributed by atoms with Crippen molar-refractivity contribution in [3.63, 3.8) is 0 Å². The van der Waals surface area contributed by atoms with Crippen LogP contribution in [0.15, 0.2) is 27.6 Å². The van der Waals surface area contributed by atoms with Crippen LogP contribution < -0.4 is 10.5 Å². The monoisotopic (exact) mass is 332 g/mol. The molecule has 1 aromatic rings. The third-order valence-electron chi connectivity index (χ3n) is 3.47. The van der Waals surface area contributed by atoms with E-state index in [2.05, 4.69) is 20.7 Å². The highest BCUT2D eigenvalue weighted by molar-refractivity contribution is 9.10. The van der Waals surface area contributed by atoms with Gasteiger partial charge >= 0.3 is 0 Å². The van der Waals surface area contributed by atoms with Crippen molar-refractivity contribution in [2.24, 2.45) is 11.1 Å². The number of rotatable bonds is 5. The van der Waals surface area contributed by atoms with Crippen LogP contribution in [0.4, 0.5) is 0 Å². The summed E-state index contributed by atoms with van der Waals surface area (Å²) in [5, 5.41) is 0. The van der Waals surface area contributed by atoms with Crippen LogP contribution >= 0.6 is 15.9 Å². The molecule has 0 aromatic heterocycles. The van der Waals surface area contributed by atoms with Crippen LogP contribution in [-0.4, -0.2) is 21.5 Å². The Morgan fingerprint density at radius 2 is 2.11 bits per heavy atom. The maximum Gasteiger partial charge on any atom is 0.240 e. The van der Waals surface area contributed by atoms with Crippen molar-refractivity contribution in [1.29, 1.82) is 0 Å². The van der Waals surface area contributed by atoms with Crippen molar-refractivity contribution in [2.45, 2.75) is 24.7 Å². The van der Waals surface area contributed by atoms with Crippen LogP contribution in [0.5, 0.6) is 0 Å². The van der Waals surface area contributed by atoms with Crippen molar-refractivity contribution < 1.29 is 8.42 Å². The third kappa shape index (κ3) is 2.93. The molecule has 1 aromatic carbocycles. The van der Waals surface area contributed by atoms with E-state index >= 15 is 0 Å². The zero-order valence-corrected chi connectivity index (χ0v) is 12.6. The summed E-state index contributed by atoms with van der Waals surface area (Å²) < 4.78 is 27.9. The Labute approximate surface area is 116 Å². The smallest absolute Gasteiger partial charge is 0.240 e. The lowest BCUT2D eigenvalue weighted by atomic mass is 10.1. The maximum atomic E-state index is 12.2. The Morgan fingerprint density at radius 3 is 2.67 bits per heavy atom. The van der Waals surface area contributed by atoms with Crippen LogP contribution in [0, 0.1) is 12.3 Å². The summed E-state index contributed by atoms with van der Waals surface area (Å²) in [6.07, 6.45) is 2.01. The molecule has 0 saturated heterocycles. The molecule has 1 aliphatic carbocycles. The molecule has 1 fully saturated rings. The second-order valence-electron chi connectivity index (χ2n) is 4.94. The maximum absolute atomic E-state index is 12.2. The van der Waals surface area contributed by atoms with Crippen molar-refractivity contribution in [2.75, 3.05) is 13.1 Å². The summed E-state index contributed by atoms with van der Waals surface area (Å²) >= 11 is 3.29. The summed E-state index contributed by atoms with van der Waals surface area (Å²) in [7, 11) is -3.45. The number of benzene rings is 1. The highest BCUT2D eigenvalue weighted by Crippen LogP contribution is 2.43. The summed E-state index contributed by atoms with van der Waals surface area (Å²) in [6.45, 7) is 2.75. The second kappa shape index (κ2) is 4.92. The van der Waals surface area contributed by atoms with Crippen LogP contribution in [0.3, 0.4) is 0 Å². The Kier molecular flexibility index (Phi) is 3.82. The zero-order valence-electron chi connectivity index (χ0n) is 10.2. The summed E-state index contributed by atoms with van der Waals surface area (Å²) in [6, 6.07) is 5.24. The first-order valence-corrected chi connectivity index (χ1v) is 8.12. The van der Waals surface area contributed by atoms with Gasteiger partial charge in [-0.25, -0.2) is 13.1 Å². The first kappa shape index (κ1) is 14.0. The van der Waals surface area contributed by atoms with Gasteiger partial charge in [0.2, 0.25) is 10.0 Å². The van der Waals surface area contributed by atoms with Gasteiger partial charge in [0.05, 0.1) is 4.90 Å². The van der Waals surface area contributed by atoms with Gasteiger partial charge in [-0.3, -0.25) is 0 Å². The number of hydrogen-bond acceptors (Lipinski definition) is 3. The number of nitrogens with one attached hydrogen (secondary N) is 1. The van der Waals surface area contributed by atoms with E-state index in [9.17, 15) is 8.42 Å². The molecule has 3 N–H and O–H groups in total. The Hall–Kier alpha value is -0.430. The average molecular weight is 333 g/mol. The molecule has 0 atom stereocenters. The van der Waals surface area contributed by atoms with E-state index in [0.717, 1.165) is 22.9 Å². The zero-order chi connectivity index (χ0) is 13.4. The lowest BCUT2D eigenvalue weighted by Crippen LogP contribution is -2.34. The third-order valence-corrected chi connectivity index (χ3v) is 5.50. The summed E-state index contributed by atoms with van der Waals surface area (Å²) in [5.41, 5.74) is 6.38. The first-order chi connectivity index (χ1) is 8.38. The molecular formula is C12H17BrN2O2S. The molecular weight excluding hydrogens is 316 g/mol. The highest BCUT2D eigenvalue weighted by atomic mass is 79.9. The largest absolute Gasteiger partial charge is 0.330 e. The van der Waals surface area contributed by atoms with Gasteiger partial charge in [-0.1, -0.05) is 22.0 Å². The van der Waals surface area contributed by atoms with Gasteiger partial charge in [0.15, 0.2) is 0 Å². The number of sulfonamides is 1. The van der Waals surface area contributed by atoms with Gasteiger partial charge in [0.25, 0.3) is 0 Å². The number of aryl methyl sites for hydroxylation is 1. The molecule has 2 rings (SSSR count). The number of nitrogens with two attached hydrogens (primary N) is 1. The predicted octanol–water partition coefficient (Wildman–Crippen LogP) is 1.77. The molecule has 0 radical (unpaired) electrons. The normalized spacial score (nSPS) is 17.7. The standard InChI is InChI=1S/C12H17BrN2O2S/c1-9-2-3-10(13)6-11(9)18(16,17)15-8-12(7-14)4-5-12/h2-3,6,15H,4-5,7-8,14H2,1H3. The first-order valence-electron chi connectivity index (χ1n) is 5.84. The van der Waals surface area contributed by atoms with Gasteiger partial charge in [0, 0.05) is 11.0 Å². The van der Waals surface area contributed by atoms with Crippen LogP contribution in [-0.2, 0) is 10.0 Å². The molecule has 100 valence electrons. The van der Waals surface area contributed by atoms with Crippen LogP contribution in [0.25, 0.3) is 0 Å². The van der Waals surface area contributed by atoms with E-state index in [1.165, 1.54) is 0 Å². The molecule has 4 nitrogen and oxygen atoms in total. The average Bonchev–Trinajstić information content (AvgIpc) is 3.11. The van der Waals surface area contributed by atoms with Crippen molar-refractivity contribution in [1.82, 2.24) is 4.72 Å². The lowest BCUT2D eigenvalue weighted by molar-refractivity contribution is 0.500. The Balaban J connectivity index is 2.18. The predicted molar refractivity (Wildman–Crippen MR) is 74.8 cm³/mol. The number of halogens is 1. The number of hydrogen-bond donors (Lipinski definition) is 2. The molecule has 1 aliphatic rings. The van der Waals surface area contributed by atoms with E-state index in [1.807, 2.05) is 6.07 Å². The van der Waals surface area contributed by atoms with Crippen LogP contribution in [0.1, 0.15) is 18.4 Å². The molecule has 0 amide bonds. The van der Waals surface area contributed by atoms with E-state index in [0.29, 0.717) is 18.0 Å². The van der Waals surface area contributed by atoms with Gasteiger partial charge in [-0.15, -0.1) is 0 Å². The van der Waals surface area contributed by atoms with Crippen molar-refractivity contribution >= 4 is 26.0 Å². The minimum Gasteiger partial charge on any atom is -0.330 e. The molecule has 0 spiro atoms. The fraction of sp³-hybridized carbons (Fsp3) is 0.500.